The maximum atomic E-state index is 11.8. The van der Waals surface area contributed by atoms with Gasteiger partial charge in [-0.25, -0.2) is 0 Å². The van der Waals surface area contributed by atoms with Crippen LogP contribution in [0.25, 0.3) is 0 Å². The molecule has 2 aliphatic heterocycles. The summed E-state index contributed by atoms with van der Waals surface area (Å²) < 4.78 is 0. The molecule has 19 heavy (non-hydrogen) atoms. The van der Waals surface area contributed by atoms with Crippen LogP contribution in [0.1, 0.15) is 25.7 Å². The number of piperidine rings is 1. The fourth-order valence-corrected chi connectivity index (χ4v) is 2.98. The molecule has 2 fully saturated rings. The standard InChI is InChI=1S/C15H21N3O/c16-12-10-15(19)18(11-12)14-6-4-13(5-7-14)17-8-2-1-3-9-17/h4-7,12H,1-3,8-11,16H2. The molecule has 1 aromatic carbocycles. The number of amides is 1. The van der Waals surface area contributed by atoms with E-state index in [0.29, 0.717) is 13.0 Å². The normalized spacial score (nSPS) is 24.1. The molecule has 4 heteroatoms. The maximum Gasteiger partial charge on any atom is 0.228 e. The van der Waals surface area contributed by atoms with Gasteiger partial charge in [-0.15, -0.1) is 0 Å². The highest BCUT2D eigenvalue weighted by Gasteiger charge is 2.27. The van der Waals surface area contributed by atoms with Gasteiger partial charge in [0.15, 0.2) is 0 Å². The Balaban J connectivity index is 1.73. The highest BCUT2D eigenvalue weighted by molar-refractivity contribution is 5.96. The number of nitrogens with two attached hydrogens (primary N) is 1. The Labute approximate surface area is 114 Å². The van der Waals surface area contributed by atoms with Gasteiger partial charge in [-0.3, -0.25) is 4.79 Å². The molecular formula is C15H21N3O. The second-order valence-corrected chi connectivity index (χ2v) is 5.53. The minimum absolute atomic E-state index is 0.0192. The van der Waals surface area contributed by atoms with Crippen molar-refractivity contribution in [1.82, 2.24) is 0 Å². The van der Waals surface area contributed by atoms with Crippen molar-refractivity contribution < 1.29 is 4.79 Å². The van der Waals surface area contributed by atoms with Gasteiger partial charge < -0.3 is 15.5 Å². The molecule has 4 nitrogen and oxygen atoms in total. The molecule has 0 saturated carbocycles. The summed E-state index contributed by atoms with van der Waals surface area (Å²) >= 11 is 0. The summed E-state index contributed by atoms with van der Waals surface area (Å²) in [5.41, 5.74) is 8.06. The second-order valence-electron chi connectivity index (χ2n) is 5.53. The van der Waals surface area contributed by atoms with Crippen LogP contribution in [0.2, 0.25) is 0 Å². The van der Waals surface area contributed by atoms with E-state index < -0.39 is 0 Å². The molecule has 1 atom stereocenters. The molecule has 1 aromatic rings. The molecule has 3 rings (SSSR count). The molecule has 2 aliphatic rings. The Morgan fingerprint density at radius 2 is 1.63 bits per heavy atom. The quantitative estimate of drug-likeness (QED) is 0.880. The van der Waals surface area contributed by atoms with Crippen LogP contribution in [0.15, 0.2) is 24.3 Å². The smallest absolute Gasteiger partial charge is 0.228 e. The number of benzene rings is 1. The number of rotatable bonds is 2. The van der Waals surface area contributed by atoms with Gasteiger partial charge in [-0.05, 0) is 43.5 Å². The van der Waals surface area contributed by atoms with Crippen LogP contribution in [0, 0.1) is 0 Å². The van der Waals surface area contributed by atoms with E-state index in [1.165, 1.54) is 24.9 Å². The summed E-state index contributed by atoms with van der Waals surface area (Å²) in [7, 11) is 0. The van der Waals surface area contributed by atoms with Crippen LogP contribution in [0.5, 0.6) is 0 Å². The van der Waals surface area contributed by atoms with Crippen LogP contribution >= 0.6 is 0 Å². The lowest BCUT2D eigenvalue weighted by Gasteiger charge is -2.29. The number of hydrogen-bond donors (Lipinski definition) is 1. The van der Waals surface area contributed by atoms with Crippen LogP contribution < -0.4 is 15.5 Å². The van der Waals surface area contributed by atoms with Gasteiger partial charge >= 0.3 is 0 Å². The monoisotopic (exact) mass is 259 g/mol. The van der Waals surface area contributed by atoms with Crippen LogP contribution in [-0.4, -0.2) is 31.6 Å². The van der Waals surface area contributed by atoms with Gasteiger partial charge in [0, 0.05) is 43.5 Å². The molecule has 102 valence electrons. The summed E-state index contributed by atoms with van der Waals surface area (Å²) in [5.74, 6) is 0.137. The fourth-order valence-electron chi connectivity index (χ4n) is 2.98. The van der Waals surface area contributed by atoms with E-state index in [9.17, 15) is 4.79 Å². The van der Waals surface area contributed by atoms with E-state index in [1.54, 1.807) is 4.90 Å². The number of carbonyl (C=O) groups is 1. The van der Waals surface area contributed by atoms with Gasteiger partial charge in [0.25, 0.3) is 0 Å². The van der Waals surface area contributed by atoms with Crippen LogP contribution in [0.3, 0.4) is 0 Å². The highest BCUT2D eigenvalue weighted by Crippen LogP contribution is 2.25. The third-order valence-electron chi connectivity index (χ3n) is 4.04. The average molecular weight is 259 g/mol. The van der Waals surface area contributed by atoms with E-state index >= 15 is 0 Å². The first-order valence-electron chi connectivity index (χ1n) is 7.15. The Kier molecular flexibility index (Phi) is 3.42. The molecule has 0 spiro atoms. The zero-order valence-electron chi connectivity index (χ0n) is 11.2. The van der Waals surface area contributed by atoms with Crippen molar-refractivity contribution in [3.05, 3.63) is 24.3 Å². The summed E-state index contributed by atoms with van der Waals surface area (Å²) in [6.45, 7) is 2.93. The molecule has 0 radical (unpaired) electrons. The first kappa shape index (κ1) is 12.5. The summed E-state index contributed by atoms with van der Waals surface area (Å²) in [5, 5.41) is 0. The zero-order chi connectivity index (χ0) is 13.2. The van der Waals surface area contributed by atoms with Gasteiger partial charge in [-0.2, -0.15) is 0 Å². The minimum Gasteiger partial charge on any atom is -0.372 e. The molecule has 1 unspecified atom stereocenters. The Morgan fingerprint density at radius 1 is 1.00 bits per heavy atom. The van der Waals surface area contributed by atoms with Crippen LogP contribution in [0.4, 0.5) is 11.4 Å². The summed E-state index contributed by atoms with van der Waals surface area (Å²) in [6, 6.07) is 8.31. The molecule has 1 amide bonds. The Bertz CT molecular complexity index is 451. The Hall–Kier alpha value is -1.55. The average Bonchev–Trinajstić information content (AvgIpc) is 2.79. The molecule has 2 heterocycles. The van der Waals surface area contributed by atoms with Gasteiger partial charge in [-0.1, -0.05) is 0 Å². The summed E-state index contributed by atoms with van der Waals surface area (Å²) in [6.07, 6.45) is 4.37. The van der Waals surface area contributed by atoms with Crippen molar-refractivity contribution in [1.29, 1.82) is 0 Å². The van der Waals surface area contributed by atoms with Crippen molar-refractivity contribution in [2.75, 3.05) is 29.4 Å². The second kappa shape index (κ2) is 5.21. The van der Waals surface area contributed by atoms with Crippen molar-refractivity contribution >= 4 is 17.3 Å². The maximum absolute atomic E-state index is 11.8. The predicted octanol–water partition coefficient (Wildman–Crippen LogP) is 1.74. The molecule has 0 aliphatic carbocycles. The molecule has 2 saturated heterocycles. The van der Waals surface area contributed by atoms with Gasteiger partial charge in [0.05, 0.1) is 0 Å². The lowest BCUT2D eigenvalue weighted by molar-refractivity contribution is -0.117. The Morgan fingerprint density at radius 3 is 2.21 bits per heavy atom. The van der Waals surface area contributed by atoms with Gasteiger partial charge in [0.2, 0.25) is 5.91 Å². The molecular weight excluding hydrogens is 238 g/mol. The van der Waals surface area contributed by atoms with Crippen LogP contribution in [-0.2, 0) is 4.79 Å². The largest absolute Gasteiger partial charge is 0.372 e. The van der Waals surface area contributed by atoms with Crippen molar-refractivity contribution in [2.45, 2.75) is 31.7 Å². The number of nitrogens with zero attached hydrogens (tertiary/aromatic N) is 2. The third kappa shape index (κ3) is 2.59. The van der Waals surface area contributed by atoms with Crippen molar-refractivity contribution in [3.8, 4) is 0 Å². The van der Waals surface area contributed by atoms with E-state index in [2.05, 4.69) is 17.0 Å². The lowest BCUT2D eigenvalue weighted by atomic mass is 10.1. The summed E-state index contributed by atoms with van der Waals surface area (Å²) in [4.78, 5) is 16.0. The predicted molar refractivity (Wildman–Crippen MR) is 77.5 cm³/mol. The van der Waals surface area contributed by atoms with Crippen molar-refractivity contribution in [2.24, 2.45) is 5.73 Å². The first-order chi connectivity index (χ1) is 9.24. The van der Waals surface area contributed by atoms with E-state index in [1.807, 2.05) is 12.1 Å². The fraction of sp³-hybridized carbons (Fsp3) is 0.533. The topological polar surface area (TPSA) is 49.6 Å². The SMILES string of the molecule is NC1CC(=O)N(c2ccc(N3CCCCC3)cc2)C1. The molecule has 0 aromatic heterocycles. The third-order valence-corrected chi connectivity index (χ3v) is 4.04. The highest BCUT2D eigenvalue weighted by atomic mass is 16.2. The van der Waals surface area contributed by atoms with E-state index in [4.69, 9.17) is 5.73 Å². The molecule has 0 bridgehead atoms. The zero-order valence-corrected chi connectivity index (χ0v) is 11.2. The molecule has 2 N–H and O–H groups in total. The lowest BCUT2D eigenvalue weighted by Crippen LogP contribution is -2.30. The number of anilines is 2. The van der Waals surface area contributed by atoms with E-state index in [0.717, 1.165) is 18.8 Å². The van der Waals surface area contributed by atoms with Gasteiger partial charge in [0.1, 0.15) is 0 Å². The van der Waals surface area contributed by atoms with Crippen molar-refractivity contribution in [3.63, 3.8) is 0 Å². The number of hydrogen-bond acceptors (Lipinski definition) is 3. The number of carbonyl (C=O) groups excluding carboxylic acids is 1. The van der Waals surface area contributed by atoms with E-state index in [-0.39, 0.29) is 11.9 Å². The minimum atomic E-state index is -0.0192. The first-order valence-corrected chi connectivity index (χ1v) is 7.15.